The van der Waals surface area contributed by atoms with E-state index in [0.29, 0.717) is 0 Å². The predicted molar refractivity (Wildman–Crippen MR) is 69.0 cm³/mol. The summed E-state index contributed by atoms with van der Waals surface area (Å²) in [6, 6.07) is 5.08. The third kappa shape index (κ3) is 3.36. The van der Waals surface area contributed by atoms with Crippen LogP contribution in [-0.2, 0) is 10.1 Å². The molecule has 11 nitrogen and oxygen atoms in total. The van der Waals surface area contributed by atoms with Gasteiger partial charge in [0, 0.05) is 5.39 Å². The normalized spacial score (nSPS) is 11.1. The maximum atomic E-state index is 11.1. The number of nitrogens with zero attached hydrogens (tertiary/aromatic N) is 2. The number of fused-ring (bicyclic) bond motifs is 1. The number of hydrogen-bond acceptors (Lipinski definition) is 8. The molecule has 2 aromatic rings. The van der Waals surface area contributed by atoms with E-state index in [9.17, 15) is 28.6 Å². The van der Waals surface area contributed by atoms with Gasteiger partial charge in [-0.3, -0.25) is 14.2 Å². The van der Waals surface area contributed by atoms with Gasteiger partial charge in [0.15, 0.2) is 0 Å². The van der Waals surface area contributed by atoms with Crippen LogP contribution in [0.1, 0.15) is 0 Å². The molecule has 2 aromatic carbocycles. The fourth-order valence-electron chi connectivity index (χ4n) is 1.74. The van der Waals surface area contributed by atoms with Crippen LogP contribution in [-0.4, -0.2) is 23.1 Å². The maximum Gasteiger partial charge on any atom is 0.299 e. The third-order valence-electron chi connectivity index (χ3n) is 2.51. The zero-order valence-electron chi connectivity index (χ0n) is 10.4. The van der Waals surface area contributed by atoms with E-state index >= 15 is 0 Å². The molecule has 0 aromatic heterocycles. The Morgan fingerprint density at radius 2 is 1.64 bits per heavy atom. The third-order valence-corrected chi connectivity index (χ3v) is 3.36. The summed E-state index contributed by atoms with van der Waals surface area (Å²) in [6.07, 6.45) is 0. The highest BCUT2D eigenvalue weighted by molar-refractivity contribution is 7.85. The standard InChI is InChI=1S/C10H6N2O9S/c13-11(14)20-7-3-6-4-8(22(17,18)19)1-2-9(6)10(5-7)21-12(15)16/h1-5H,(H,17,18,19). The molecule has 0 unspecified atom stereocenters. The van der Waals surface area contributed by atoms with Crippen LogP contribution in [0.3, 0.4) is 0 Å². The Bertz CT molecular complexity index is 877. The van der Waals surface area contributed by atoms with Gasteiger partial charge in [-0.25, -0.2) is 0 Å². The molecular formula is C10H6N2O9S. The van der Waals surface area contributed by atoms with Gasteiger partial charge < -0.3 is 0 Å². The van der Waals surface area contributed by atoms with Gasteiger partial charge >= 0.3 is 0 Å². The smallest absolute Gasteiger partial charge is 0.282 e. The molecule has 0 fully saturated rings. The highest BCUT2D eigenvalue weighted by Crippen LogP contribution is 2.33. The van der Waals surface area contributed by atoms with Crippen LogP contribution in [0.25, 0.3) is 10.8 Å². The lowest BCUT2D eigenvalue weighted by molar-refractivity contribution is -0.713. The molecule has 0 aliphatic carbocycles. The molecule has 0 atom stereocenters. The van der Waals surface area contributed by atoms with E-state index in [0.717, 1.165) is 30.3 Å². The zero-order valence-corrected chi connectivity index (χ0v) is 11.2. The second kappa shape index (κ2) is 5.42. The summed E-state index contributed by atoms with van der Waals surface area (Å²) in [5.41, 5.74) is 0. The topological polar surface area (TPSA) is 159 Å². The second-order valence-corrected chi connectivity index (χ2v) is 5.33. The first kappa shape index (κ1) is 15.4. The monoisotopic (exact) mass is 330 g/mol. The number of benzene rings is 2. The van der Waals surface area contributed by atoms with Gasteiger partial charge in [0.25, 0.3) is 20.3 Å². The Hall–Kier alpha value is -2.99. The minimum absolute atomic E-state index is 0.0197. The lowest BCUT2D eigenvalue weighted by Crippen LogP contribution is -2.07. The summed E-state index contributed by atoms with van der Waals surface area (Å²) < 4.78 is 31.1. The van der Waals surface area contributed by atoms with Crippen LogP contribution < -0.4 is 9.68 Å². The van der Waals surface area contributed by atoms with Crippen molar-refractivity contribution in [1.82, 2.24) is 0 Å². The fraction of sp³-hybridized carbons (Fsp3) is 0. The van der Waals surface area contributed by atoms with Gasteiger partial charge in [-0.2, -0.15) is 8.42 Å². The zero-order chi connectivity index (χ0) is 16.5. The van der Waals surface area contributed by atoms with E-state index in [1.165, 1.54) is 0 Å². The summed E-state index contributed by atoms with van der Waals surface area (Å²) in [5.74, 6) is -0.803. The van der Waals surface area contributed by atoms with Gasteiger partial charge in [-0.15, -0.1) is 20.2 Å². The average molecular weight is 330 g/mol. The highest BCUT2D eigenvalue weighted by atomic mass is 32.2. The van der Waals surface area contributed by atoms with Crippen LogP contribution in [0.2, 0.25) is 0 Å². The van der Waals surface area contributed by atoms with Gasteiger partial charge in [-0.1, -0.05) is 6.07 Å². The molecule has 0 aliphatic heterocycles. The SMILES string of the molecule is O=[N+]([O-])Oc1cc(O[N+](=O)[O-])c2ccc(S(=O)(=O)O)cc2c1. The van der Waals surface area contributed by atoms with Crippen LogP contribution in [0.4, 0.5) is 0 Å². The molecular weight excluding hydrogens is 324 g/mol. The van der Waals surface area contributed by atoms with E-state index in [1.807, 2.05) is 0 Å². The first-order valence-corrected chi connectivity index (χ1v) is 6.81. The molecule has 1 N–H and O–H groups in total. The molecule has 0 saturated heterocycles. The summed E-state index contributed by atoms with van der Waals surface area (Å²) >= 11 is 0. The Balaban J connectivity index is 2.70. The van der Waals surface area contributed by atoms with Crippen molar-refractivity contribution in [2.45, 2.75) is 4.90 Å². The summed E-state index contributed by atoms with van der Waals surface area (Å²) in [4.78, 5) is 28.7. The van der Waals surface area contributed by atoms with Gasteiger partial charge in [-0.05, 0) is 29.7 Å². The van der Waals surface area contributed by atoms with Gasteiger partial charge in [0.05, 0.1) is 4.90 Å². The summed E-state index contributed by atoms with van der Waals surface area (Å²) in [7, 11) is -4.52. The van der Waals surface area contributed by atoms with Crippen molar-refractivity contribution >= 4 is 20.9 Å². The molecule has 22 heavy (non-hydrogen) atoms. The lowest BCUT2D eigenvalue weighted by Gasteiger charge is -2.08. The fourth-order valence-corrected chi connectivity index (χ4v) is 2.26. The predicted octanol–water partition coefficient (Wildman–Crippen LogP) is 1.23. The Morgan fingerprint density at radius 3 is 2.18 bits per heavy atom. The molecule has 0 heterocycles. The molecule has 0 saturated carbocycles. The molecule has 12 heteroatoms. The molecule has 116 valence electrons. The van der Waals surface area contributed by atoms with E-state index in [2.05, 4.69) is 9.68 Å². The first-order chi connectivity index (χ1) is 10.2. The Labute approximate surface area is 121 Å². The quantitative estimate of drug-likeness (QED) is 0.483. The van der Waals surface area contributed by atoms with E-state index in [1.54, 1.807) is 0 Å². The van der Waals surface area contributed by atoms with Gasteiger partial charge in [0.1, 0.15) is 11.5 Å². The van der Waals surface area contributed by atoms with Crippen molar-refractivity contribution in [3.63, 3.8) is 0 Å². The largest absolute Gasteiger partial charge is 0.299 e. The van der Waals surface area contributed by atoms with Crippen molar-refractivity contribution in [2.24, 2.45) is 0 Å². The Kier molecular flexibility index (Phi) is 3.79. The number of hydrogen-bond donors (Lipinski definition) is 1. The van der Waals surface area contributed by atoms with Crippen LogP contribution in [0, 0.1) is 20.2 Å². The van der Waals surface area contributed by atoms with Crippen LogP contribution in [0.5, 0.6) is 11.5 Å². The van der Waals surface area contributed by atoms with Crippen LogP contribution in [0.15, 0.2) is 35.2 Å². The highest BCUT2D eigenvalue weighted by Gasteiger charge is 2.15. The summed E-state index contributed by atoms with van der Waals surface area (Å²) in [5, 5.41) is 18.6. The van der Waals surface area contributed by atoms with E-state index < -0.39 is 30.9 Å². The van der Waals surface area contributed by atoms with Crippen molar-refractivity contribution in [1.29, 1.82) is 0 Å². The molecule has 0 radical (unpaired) electrons. The maximum absolute atomic E-state index is 11.1. The van der Waals surface area contributed by atoms with Crippen molar-refractivity contribution in [3.05, 3.63) is 50.6 Å². The van der Waals surface area contributed by atoms with Crippen LogP contribution >= 0.6 is 0 Å². The van der Waals surface area contributed by atoms with Crippen molar-refractivity contribution in [3.8, 4) is 11.5 Å². The average Bonchev–Trinajstić information content (AvgIpc) is 2.35. The van der Waals surface area contributed by atoms with Gasteiger partial charge in [0.2, 0.25) is 0 Å². The Morgan fingerprint density at radius 1 is 1.00 bits per heavy atom. The van der Waals surface area contributed by atoms with Crippen molar-refractivity contribution in [2.75, 3.05) is 0 Å². The minimum Gasteiger partial charge on any atom is -0.282 e. The molecule has 0 bridgehead atoms. The van der Waals surface area contributed by atoms with E-state index in [-0.39, 0.29) is 16.5 Å². The first-order valence-electron chi connectivity index (χ1n) is 5.37. The minimum atomic E-state index is -4.52. The lowest BCUT2D eigenvalue weighted by atomic mass is 10.1. The second-order valence-electron chi connectivity index (χ2n) is 3.91. The molecule has 0 amide bonds. The molecule has 2 rings (SSSR count). The summed E-state index contributed by atoms with van der Waals surface area (Å²) in [6.45, 7) is 0. The molecule has 0 spiro atoms. The number of rotatable bonds is 5. The molecule has 0 aliphatic rings. The van der Waals surface area contributed by atoms with Crippen molar-refractivity contribution < 1.29 is 32.8 Å². The van der Waals surface area contributed by atoms with E-state index in [4.69, 9.17) is 4.55 Å².